The van der Waals surface area contributed by atoms with Gasteiger partial charge in [0, 0.05) is 24.2 Å². The van der Waals surface area contributed by atoms with Gasteiger partial charge in [0.2, 0.25) is 0 Å². The van der Waals surface area contributed by atoms with E-state index in [2.05, 4.69) is 4.90 Å². The fraction of sp³-hybridized carbons (Fsp3) is 0.556. The van der Waals surface area contributed by atoms with Crippen LogP contribution < -0.4 is 4.74 Å². The van der Waals surface area contributed by atoms with Crippen molar-refractivity contribution in [3.63, 3.8) is 0 Å². The van der Waals surface area contributed by atoms with E-state index in [1.807, 2.05) is 43.1 Å². The van der Waals surface area contributed by atoms with E-state index in [0.717, 1.165) is 29.6 Å². The Kier molecular flexibility index (Phi) is 7.68. The third-order valence-electron chi connectivity index (χ3n) is 3.93. The molecule has 0 radical (unpaired) electrons. The van der Waals surface area contributed by atoms with Crippen molar-refractivity contribution < 1.29 is 22.9 Å². The van der Waals surface area contributed by atoms with Gasteiger partial charge >= 0.3 is 7.82 Å². The molecule has 146 valence electrons. The largest absolute Gasteiger partial charge is 0.497 e. The molecule has 0 aliphatic heterocycles. The smallest absolute Gasteiger partial charge is 0.476 e. The second-order valence-electron chi connectivity index (χ2n) is 6.10. The average Bonchev–Trinajstić information content (AvgIpc) is 2.95. The maximum absolute atomic E-state index is 12.6. The monoisotopic (exact) mass is 384 g/mol. The van der Waals surface area contributed by atoms with Gasteiger partial charge in [0.05, 0.1) is 25.8 Å². The Balaban J connectivity index is 2.30. The number of hydrogen-bond donors (Lipinski definition) is 0. The third kappa shape index (κ3) is 5.32. The summed E-state index contributed by atoms with van der Waals surface area (Å²) in [7, 11) is 2.17. The third-order valence-corrected chi connectivity index (χ3v) is 5.51. The summed E-state index contributed by atoms with van der Waals surface area (Å²) in [4.78, 5) is 2.14. The highest BCUT2D eigenvalue weighted by atomic mass is 31.2. The lowest BCUT2D eigenvalue weighted by Gasteiger charge is -2.17. The molecule has 0 fully saturated rings. The summed E-state index contributed by atoms with van der Waals surface area (Å²) in [6.45, 7) is 5.02. The van der Waals surface area contributed by atoms with Crippen molar-refractivity contribution >= 4 is 18.7 Å². The van der Waals surface area contributed by atoms with E-state index in [9.17, 15) is 4.57 Å². The first-order valence-corrected chi connectivity index (χ1v) is 10.2. The molecule has 1 aromatic carbocycles. The first kappa shape index (κ1) is 20.9. The van der Waals surface area contributed by atoms with Crippen LogP contribution in [0.15, 0.2) is 24.4 Å². The molecule has 0 spiro atoms. The van der Waals surface area contributed by atoms with E-state index in [0.29, 0.717) is 0 Å². The molecule has 0 atom stereocenters. The number of aromatic nitrogens is 1. The van der Waals surface area contributed by atoms with Crippen LogP contribution in [0.25, 0.3) is 10.9 Å². The second kappa shape index (κ2) is 9.53. The molecular formula is C18H29N2O5P. The van der Waals surface area contributed by atoms with Gasteiger partial charge in [-0.3, -0.25) is 13.6 Å². The summed E-state index contributed by atoms with van der Waals surface area (Å²) >= 11 is 0. The predicted octanol–water partition coefficient (Wildman–Crippen LogP) is 3.91. The van der Waals surface area contributed by atoms with Crippen molar-refractivity contribution in [3.05, 3.63) is 30.0 Å². The molecule has 1 aromatic heterocycles. The molecule has 0 saturated heterocycles. The fourth-order valence-corrected chi connectivity index (χ4v) is 3.81. The maximum Gasteiger partial charge on any atom is 0.476 e. The summed E-state index contributed by atoms with van der Waals surface area (Å²) in [5.74, 6) is 0.758. The summed E-state index contributed by atoms with van der Waals surface area (Å²) < 4.78 is 35.7. The Labute approximate surface area is 155 Å². The number of likely N-dealkylation sites (N-methyl/N-ethyl adjacent to an activating group) is 1. The SMILES string of the molecule is CCOP(=O)(OCC)OCn1cc(CCN(C)C)c2ccc(OC)cc21. The minimum absolute atomic E-state index is 0.0723. The lowest BCUT2D eigenvalue weighted by atomic mass is 10.1. The summed E-state index contributed by atoms with van der Waals surface area (Å²) in [5, 5.41) is 1.12. The van der Waals surface area contributed by atoms with E-state index in [4.69, 9.17) is 18.3 Å². The molecule has 0 aliphatic carbocycles. The van der Waals surface area contributed by atoms with Crippen LogP contribution in [0.4, 0.5) is 0 Å². The topological polar surface area (TPSA) is 62.2 Å². The van der Waals surface area contributed by atoms with E-state index < -0.39 is 7.82 Å². The van der Waals surface area contributed by atoms with E-state index in [1.54, 1.807) is 21.0 Å². The molecular weight excluding hydrogens is 355 g/mol. The zero-order valence-electron chi connectivity index (χ0n) is 16.2. The number of phosphoric acid groups is 1. The Morgan fingerprint density at radius 3 is 2.38 bits per heavy atom. The second-order valence-corrected chi connectivity index (χ2v) is 7.77. The van der Waals surface area contributed by atoms with Gasteiger partial charge in [0.15, 0.2) is 0 Å². The van der Waals surface area contributed by atoms with Crippen LogP contribution in [0.1, 0.15) is 19.4 Å². The number of benzene rings is 1. The number of nitrogens with zero attached hydrogens (tertiary/aromatic N) is 2. The molecule has 0 bridgehead atoms. The van der Waals surface area contributed by atoms with Gasteiger partial charge in [-0.2, -0.15) is 0 Å². The number of rotatable bonds is 11. The van der Waals surface area contributed by atoms with Crippen LogP contribution in [0.5, 0.6) is 5.75 Å². The molecule has 0 aliphatic rings. The summed E-state index contributed by atoms with van der Waals surface area (Å²) in [6, 6.07) is 5.93. The molecule has 7 nitrogen and oxygen atoms in total. The zero-order valence-corrected chi connectivity index (χ0v) is 17.1. The van der Waals surface area contributed by atoms with Crippen LogP contribution in [-0.4, -0.2) is 50.4 Å². The van der Waals surface area contributed by atoms with Crippen molar-refractivity contribution in [2.45, 2.75) is 27.0 Å². The average molecular weight is 384 g/mol. The van der Waals surface area contributed by atoms with Gasteiger partial charge < -0.3 is 14.2 Å². The number of methoxy groups -OCH3 is 1. The fourth-order valence-electron chi connectivity index (χ4n) is 2.69. The molecule has 2 aromatic rings. The van der Waals surface area contributed by atoms with Crippen LogP contribution in [0, 0.1) is 0 Å². The number of hydrogen-bond acceptors (Lipinski definition) is 6. The van der Waals surface area contributed by atoms with Gasteiger partial charge in [0.1, 0.15) is 12.5 Å². The van der Waals surface area contributed by atoms with Crippen molar-refractivity contribution in [2.75, 3.05) is 41.0 Å². The van der Waals surface area contributed by atoms with Crippen molar-refractivity contribution in [1.82, 2.24) is 9.47 Å². The highest BCUT2D eigenvalue weighted by Gasteiger charge is 2.26. The number of fused-ring (bicyclic) bond motifs is 1. The van der Waals surface area contributed by atoms with E-state index in [-0.39, 0.29) is 19.9 Å². The van der Waals surface area contributed by atoms with Gasteiger partial charge in [-0.05, 0) is 52.1 Å². The minimum atomic E-state index is -3.56. The molecule has 0 N–H and O–H groups in total. The van der Waals surface area contributed by atoms with E-state index in [1.165, 1.54) is 5.56 Å². The predicted molar refractivity (Wildman–Crippen MR) is 103 cm³/mol. The number of ether oxygens (including phenoxy) is 1. The summed E-state index contributed by atoms with van der Waals surface area (Å²) in [5.41, 5.74) is 2.15. The molecule has 0 saturated carbocycles. The molecule has 26 heavy (non-hydrogen) atoms. The lowest BCUT2D eigenvalue weighted by molar-refractivity contribution is 0.0978. The van der Waals surface area contributed by atoms with Gasteiger partial charge in [-0.15, -0.1) is 0 Å². The Morgan fingerprint density at radius 2 is 1.81 bits per heavy atom. The van der Waals surface area contributed by atoms with E-state index >= 15 is 0 Å². The van der Waals surface area contributed by atoms with Crippen LogP contribution in [0.3, 0.4) is 0 Å². The molecule has 0 unspecified atom stereocenters. The van der Waals surface area contributed by atoms with Crippen LogP contribution in [-0.2, 0) is 31.3 Å². The summed E-state index contributed by atoms with van der Waals surface area (Å²) in [6.07, 6.45) is 2.92. The quantitative estimate of drug-likeness (QED) is 0.548. The Hall–Kier alpha value is -1.37. The minimum Gasteiger partial charge on any atom is -0.497 e. The van der Waals surface area contributed by atoms with Crippen molar-refractivity contribution in [1.29, 1.82) is 0 Å². The first-order valence-electron chi connectivity index (χ1n) is 8.76. The Bertz CT molecular complexity index is 749. The van der Waals surface area contributed by atoms with Crippen molar-refractivity contribution in [3.8, 4) is 5.75 Å². The van der Waals surface area contributed by atoms with Gasteiger partial charge in [0.25, 0.3) is 0 Å². The molecule has 2 rings (SSSR count). The highest BCUT2D eigenvalue weighted by molar-refractivity contribution is 7.48. The first-order chi connectivity index (χ1) is 12.4. The molecule has 8 heteroatoms. The Morgan fingerprint density at radius 1 is 1.12 bits per heavy atom. The highest BCUT2D eigenvalue weighted by Crippen LogP contribution is 2.49. The van der Waals surface area contributed by atoms with Gasteiger partial charge in [-0.1, -0.05) is 0 Å². The number of phosphoric ester groups is 1. The lowest BCUT2D eigenvalue weighted by Crippen LogP contribution is -2.14. The van der Waals surface area contributed by atoms with Crippen LogP contribution >= 0.6 is 7.82 Å². The van der Waals surface area contributed by atoms with Crippen molar-refractivity contribution in [2.24, 2.45) is 0 Å². The van der Waals surface area contributed by atoms with Gasteiger partial charge in [-0.25, -0.2) is 4.57 Å². The standard InChI is InChI=1S/C18H29N2O5P/c1-6-23-26(21,24-7-2)25-14-20-13-15(10-11-19(3)4)17-9-8-16(22-5)12-18(17)20/h8-9,12-13H,6-7,10-11,14H2,1-5H3. The zero-order chi connectivity index (χ0) is 19.2. The molecule has 1 heterocycles. The molecule has 0 amide bonds. The maximum atomic E-state index is 12.6. The van der Waals surface area contributed by atoms with Crippen LogP contribution in [0.2, 0.25) is 0 Å². The normalized spacial score (nSPS) is 12.2.